The quantitative estimate of drug-likeness (QED) is 0.665. The maximum atomic E-state index is 11.8. The second-order valence-corrected chi connectivity index (χ2v) is 8.20. The van der Waals surface area contributed by atoms with Gasteiger partial charge >= 0.3 is 0 Å². The average molecular weight is 284 g/mol. The Kier molecular flexibility index (Phi) is 5.36. The van der Waals surface area contributed by atoms with Gasteiger partial charge in [-0.2, -0.15) is 0 Å². The van der Waals surface area contributed by atoms with Crippen LogP contribution in [-0.2, 0) is 20.0 Å². The number of hydrogen-bond donors (Lipinski definition) is 2. The summed E-state index contributed by atoms with van der Waals surface area (Å²) in [5, 5.41) is 4.51. The van der Waals surface area contributed by atoms with Gasteiger partial charge in [-0.15, -0.1) is 0 Å². The SMILES string of the molecule is NS(=O)(=O)CCCNS(=O)(=O)C1CCCCC1. The van der Waals surface area contributed by atoms with Crippen molar-refractivity contribution in [3.8, 4) is 0 Å². The first-order valence-electron chi connectivity index (χ1n) is 5.80. The first-order chi connectivity index (χ1) is 7.81. The van der Waals surface area contributed by atoms with Crippen LogP contribution in [0.5, 0.6) is 0 Å². The summed E-state index contributed by atoms with van der Waals surface area (Å²) in [5.74, 6) is -0.194. The third kappa shape index (κ3) is 5.80. The van der Waals surface area contributed by atoms with Crippen LogP contribution in [0.3, 0.4) is 0 Å². The molecule has 6 nitrogen and oxygen atoms in total. The third-order valence-corrected chi connectivity index (χ3v) is 5.71. The lowest BCUT2D eigenvalue weighted by molar-refractivity contribution is 0.477. The smallest absolute Gasteiger partial charge is 0.214 e. The Hall–Kier alpha value is -0.180. The fraction of sp³-hybridized carbons (Fsp3) is 1.00. The van der Waals surface area contributed by atoms with Crippen LogP contribution in [0.2, 0.25) is 0 Å². The van der Waals surface area contributed by atoms with Gasteiger partial charge in [-0.1, -0.05) is 19.3 Å². The van der Waals surface area contributed by atoms with Crippen molar-refractivity contribution in [2.24, 2.45) is 5.14 Å². The average Bonchev–Trinajstić information content (AvgIpc) is 2.25. The molecule has 1 fully saturated rings. The molecule has 1 saturated carbocycles. The standard InChI is InChI=1S/C9H20N2O4S2/c10-16(12,13)8-4-7-11-17(14,15)9-5-2-1-3-6-9/h9,11H,1-8H2,(H2,10,12,13). The minimum absolute atomic E-state index is 0.134. The van der Waals surface area contributed by atoms with E-state index in [0.29, 0.717) is 12.8 Å². The van der Waals surface area contributed by atoms with Crippen LogP contribution >= 0.6 is 0 Å². The molecule has 0 aromatic rings. The zero-order valence-corrected chi connectivity index (χ0v) is 11.4. The molecule has 0 radical (unpaired) electrons. The zero-order valence-electron chi connectivity index (χ0n) is 9.76. The summed E-state index contributed by atoms with van der Waals surface area (Å²) >= 11 is 0. The summed E-state index contributed by atoms with van der Waals surface area (Å²) in [6.45, 7) is 0.134. The molecule has 1 aliphatic carbocycles. The molecular formula is C9H20N2O4S2. The number of hydrogen-bond acceptors (Lipinski definition) is 4. The number of primary sulfonamides is 1. The van der Waals surface area contributed by atoms with Crippen LogP contribution < -0.4 is 9.86 Å². The van der Waals surface area contributed by atoms with Crippen molar-refractivity contribution in [2.45, 2.75) is 43.8 Å². The van der Waals surface area contributed by atoms with E-state index in [1.54, 1.807) is 0 Å². The summed E-state index contributed by atoms with van der Waals surface area (Å²) in [7, 11) is -6.79. The number of nitrogens with two attached hydrogens (primary N) is 1. The van der Waals surface area contributed by atoms with Gasteiger partial charge in [0, 0.05) is 6.54 Å². The Balaban J connectivity index is 2.34. The molecule has 0 spiro atoms. The summed E-state index contributed by atoms with van der Waals surface area (Å²) in [5.41, 5.74) is 0. The van der Waals surface area contributed by atoms with Gasteiger partial charge in [0.2, 0.25) is 20.0 Å². The highest BCUT2D eigenvalue weighted by Gasteiger charge is 2.26. The van der Waals surface area contributed by atoms with Gasteiger partial charge in [-0.25, -0.2) is 26.7 Å². The first-order valence-corrected chi connectivity index (χ1v) is 9.06. The van der Waals surface area contributed by atoms with Gasteiger partial charge in [0.25, 0.3) is 0 Å². The molecule has 1 aliphatic rings. The normalized spacial score (nSPS) is 19.4. The van der Waals surface area contributed by atoms with Gasteiger partial charge in [-0.05, 0) is 19.3 Å². The van der Waals surface area contributed by atoms with Gasteiger partial charge in [-0.3, -0.25) is 0 Å². The summed E-state index contributed by atoms with van der Waals surface area (Å²) in [6, 6.07) is 0. The van der Waals surface area contributed by atoms with E-state index in [1.807, 2.05) is 0 Å². The molecule has 17 heavy (non-hydrogen) atoms. The minimum atomic E-state index is -3.50. The molecule has 0 aliphatic heterocycles. The molecule has 0 atom stereocenters. The lowest BCUT2D eigenvalue weighted by Crippen LogP contribution is -2.36. The molecule has 8 heteroatoms. The minimum Gasteiger partial charge on any atom is -0.229 e. The van der Waals surface area contributed by atoms with E-state index in [9.17, 15) is 16.8 Å². The highest BCUT2D eigenvalue weighted by atomic mass is 32.2. The van der Waals surface area contributed by atoms with Gasteiger partial charge in [0.1, 0.15) is 0 Å². The number of sulfonamides is 2. The number of rotatable bonds is 6. The van der Waals surface area contributed by atoms with E-state index in [-0.39, 0.29) is 24.0 Å². The van der Waals surface area contributed by atoms with E-state index in [2.05, 4.69) is 4.72 Å². The topological polar surface area (TPSA) is 106 Å². The molecule has 0 saturated heterocycles. The Morgan fingerprint density at radius 1 is 1.06 bits per heavy atom. The van der Waals surface area contributed by atoms with Crippen molar-refractivity contribution in [1.29, 1.82) is 0 Å². The van der Waals surface area contributed by atoms with E-state index >= 15 is 0 Å². The highest BCUT2D eigenvalue weighted by molar-refractivity contribution is 7.90. The van der Waals surface area contributed by atoms with Gasteiger partial charge in [0.15, 0.2) is 0 Å². The highest BCUT2D eigenvalue weighted by Crippen LogP contribution is 2.22. The lowest BCUT2D eigenvalue weighted by Gasteiger charge is -2.21. The molecule has 3 N–H and O–H groups in total. The fourth-order valence-corrected chi connectivity index (χ4v) is 4.15. The van der Waals surface area contributed by atoms with Crippen LogP contribution in [-0.4, -0.2) is 34.4 Å². The molecule has 0 bridgehead atoms. The molecule has 0 aromatic heterocycles. The molecule has 0 heterocycles. The summed E-state index contributed by atoms with van der Waals surface area (Å²) in [4.78, 5) is 0. The second kappa shape index (κ2) is 6.12. The van der Waals surface area contributed by atoms with Crippen LogP contribution in [0.25, 0.3) is 0 Å². The molecule has 102 valence electrons. The van der Waals surface area contributed by atoms with Gasteiger partial charge in [0.05, 0.1) is 11.0 Å². The maximum absolute atomic E-state index is 11.8. The van der Waals surface area contributed by atoms with Crippen LogP contribution in [0.4, 0.5) is 0 Å². The van der Waals surface area contributed by atoms with Crippen molar-refractivity contribution in [3.05, 3.63) is 0 Å². The molecule has 0 amide bonds. The van der Waals surface area contributed by atoms with Gasteiger partial charge < -0.3 is 0 Å². The molecular weight excluding hydrogens is 264 g/mol. The largest absolute Gasteiger partial charge is 0.229 e. The van der Waals surface area contributed by atoms with Crippen LogP contribution in [0.15, 0.2) is 0 Å². The van der Waals surface area contributed by atoms with E-state index in [1.165, 1.54) is 0 Å². The monoisotopic (exact) mass is 284 g/mol. The maximum Gasteiger partial charge on any atom is 0.214 e. The zero-order chi connectivity index (χ0) is 12.9. The Labute approximate surface area is 103 Å². The Bertz CT molecular complexity index is 424. The summed E-state index contributed by atoms with van der Waals surface area (Å²) in [6.07, 6.45) is 4.60. The molecule has 0 unspecified atom stereocenters. The number of nitrogens with one attached hydrogen (secondary N) is 1. The fourth-order valence-electron chi connectivity index (χ4n) is 1.98. The molecule has 1 rings (SSSR count). The van der Waals surface area contributed by atoms with Crippen molar-refractivity contribution in [3.63, 3.8) is 0 Å². The molecule has 0 aromatic carbocycles. The summed E-state index contributed by atoms with van der Waals surface area (Å²) < 4.78 is 47.4. The Morgan fingerprint density at radius 3 is 2.18 bits per heavy atom. The van der Waals surface area contributed by atoms with Crippen LogP contribution in [0, 0.1) is 0 Å². The van der Waals surface area contributed by atoms with E-state index in [0.717, 1.165) is 19.3 Å². The predicted molar refractivity (Wildman–Crippen MR) is 66.4 cm³/mol. The van der Waals surface area contributed by atoms with Crippen molar-refractivity contribution in [2.75, 3.05) is 12.3 Å². The van der Waals surface area contributed by atoms with Crippen molar-refractivity contribution < 1.29 is 16.8 Å². The van der Waals surface area contributed by atoms with E-state index in [4.69, 9.17) is 5.14 Å². The predicted octanol–water partition coefficient (Wildman–Crippen LogP) is -0.0829. The second-order valence-electron chi connectivity index (χ2n) is 4.42. The third-order valence-electron chi connectivity index (χ3n) is 2.90. The first kappa shape index (κ1) is 14.9. The lowest BCUT2D eigenvalue weighted by atomic mass is 10.0. The Morgan fingerprint density at radius 2 is 1.65 bits per heavy atom. The van der Waals surface area contributed by atoms with Crippen molar-refractivity contribution in [1.82, 2.24) is 4.72 Å². The van der Waals surface area contributed by atoms with Crippen molar-refractivity contribution >= 4 is 20.0 Å². The van der Waals surface area contributed by atoms with Crippen LogP contribution in [0.1, 0.15) is 38.5 Å². The van der Waals surface area contributed by atoms with E-state index < -0.39 is 20.0 Å².